The second-order valence-electron chi connectivity index (χ2n) is 7.63. The van der Waals surface area contributed by atoms with Crippen LogP contribution in [-0.2, 0) is 10.0 Å². The number of rotatable bonds is 5. The van der Waals surface area contributed by atoms with Gasteiger partial charge in [0.1, 0.15) is 10.7 Å². The topological polar surface area (TPSA) is 69.7 Å². The minimum Gasteiger partial charge on any atom is -0.368 e. The number of halogens is 5. The maximum Gasteiger partial charge on any atom is 0.263 e. The molecular weight excluding hydrogens is 559 g/mol. The first-order chi connectivity index (χ1) is 16.1. The zero-order valence-corrected chi connectivity index (χ0v) is 22.0. The molecule has 6 nitrogen and oxygen atoms in total. The summed E-state index contributed by atoms with van der Waals surface area (Å²) in [5.41, 5.74) is 1.15. The molecule has 0 aromatic heterocycles. The summed E-state index contributed by atoms with van der Waals surface area (Å²) in [7, 11) is -4.12. The van der Waals surface area contributed by atoms with Crippen LogP contribution < -0.4 is 9.62 Å². The van der Waals surface area contributed by atoms with Gasteiger partial charge in [-0.1, -0.05) is 40.9 Å². The fourth-order valence-corrected chi connectivity index (χ4v) is 5.75. The Hall–Kier alpha value is -2.23. The molecule has 0 radical (unpaired) electrons. The largest absolute Gasteiger partial charge is 0.368 e. The summed E-state index contributed by atoms with van der Waals surface area (Å²) in [5, 5.41) is 0.299. The van der Waals surface area contributed by atoms with Gasteiger partial charge >= 0.3 is 0 Å². The minimum absolute atomic E-state index is 0. The van der Waals surface area contributed by atoms with Crippen molar-refractivity contribution in [1.29, 1.82) is 0 Å². The maximum atomic E-state index is 13.2. The second kappa shape index (κ2) is 11.2. The van der Waals surface area contributed by atoms with Crippen LogP contribution in [0.25, 0.3) is 0 Å². The number of benzene rings is 3. The summed E-state index contributed by atoms with van der Waals surface area (Å²) in [5.74, 6) is -0.717. The Morgan fingerprint density at radius 3 is 2.17 bits per heavy atom. The Morgan fingerprint density at radius 1 is 0.886 bits per heavy atom. The van der Waals surface area contributed by atoms with Crippen molar-refractivity contribution in [3.05, 3.63) is 87.1 Å². The molecule has 0 atom stereocenters. The van der Waals surface area contributed by atoms with Gasteiger partial charge in [-0.05, 0) is 54.6 Å². The first-order valence-corrected chi connectivity index (χ1v) is 12.8. The van der Waals surface area contributed by atoms with Crippen molar-refractivity contribution in [2.45, 2.75) is 4.90 Å². The van der Waals surface area contributed by atoms with Crippen LogP contribution >= 0.6 is 47.2 Å². The number of nitrogens with one attached hydrogen (secondary N) is 1. The monoisotopic (exact) mass is 577 g/mol. The number of nitrogens with zero attached hydrogens (tertiary/aromatic N) is 2. The third-order valence-electron chi connectivity index (χ3n) is 5.38. The van der Waals surface area contributed by atoms with Crippen molar-refractivity contribution in [3.63, 3.8) is 0 Å². The molecule has 3 aromatic carbocycles. The lowest BCUT2D eigenvalue weighted by atomic mass is 10.1. The molecule has 0 spiro atoms. The average molecular weight is 579 g/mol. The number of piperazine rings is 1. The molecule has 1 aliphatic rings. The van der Waals surface area contributed by atoms with Crippen LogP contribution in [0.1, 0.15) is 10.4 Å². The fourth-order valence-electron chi connectivity index (χ4n) is 3.65. The van der Waals surface area contributed by atoms with E-state index in [0.29, 0.717) is 31.2 Å². The Labute approximate surface area is 224 Å². The van der Waals surface area contributed by atoms with Crippen LogP contribution in [0.15, 0.2) is 65.6 Å². The molecule has 0 bridgehead atoms. The highest BCUT2D eigenvalue weighted by atomic mass is 35.5. The molecule has 12 heteroatoms. The van der Waals surface area contributed by atoms with Crippen LogP contribution in [0, 0.1) is 5.82 Å². The molecule has 35 heavy (non-hydrogen) atoms. The minimum atomic E-state index is -4.12. The fraction of sp³-hybridized carbons (Fsp3) is 0.174. The van der Waals surface area contributed by atoms with Crippen LogP contribution in [0.2, 0.25) is 15.1 Å². The van der Waals surface area contributed by atoms with E-state index in [0.717, 1.165) is 5.69 Å². The van der Waals surface area contributed by atoms with Crippen molar-refractivity contribution in [2.75, 3.05) is 35.8 Å². The van der Waals surface area contributed by atoms with E-state index in [9.17, 15) is 17.6 Å². The second-order valence-corrected chi connectivity index (χ2v) is 10.5. The Morgan fingerprint density at radius 2 is 1.54 bits per heavy atom. The van der Waals surface area contributed by atoms with Crippen LogP contribution in [0.4, 0.5) is 15.8 Å². The van der Waals surface area contributed by atoms with Gasteiger partial charge in [0.2, 0.25) is 0 Å². The van der Waals surface area contributed by atoms with Crippen molar-refractivity contribution < 1.29 is 17.6 Å². The van der Waals surface area contributed by atoms with Crippen molar-refractivity contribution >= 4 is 74.5 Å². The predicted octanol–water partition coefficient (Wildman–Crippen LogP) is 5.97. The van der Waals surface area contributed by atoms with E-state index in [2.05, 4.69) is 4.72 Å². The maximum absolute atomic E-state index is 13.2. The molecule has 1 saturated heterocycles. The van der Waals surface area contributed by atoms with Gasteiger partial charge in [0.15, 0.2) is 0 Å². The number of sulfonamides is 1. The van der Waals surface area contributed by atoms with Gasteiger partial charge in [-0.25, -0.2) is 12.8 Å². The van der Waals surface area contributed by atoms with Crippen molar-refractivity contribution in [3.8, 4) is 0 Å². The number of anilines is 2. The molecule has 1 aliphatic heterocycles. The molecule has 0 unspecified atom stereocenters. The van der Waals surface area contributed by atoms with Crippen molar-refractivity contribution in [1.82, 2.24) is 4.90 Å². The van der Waals surface area contributed by atoms with Gasteiger partial charge in [0.25, 0.3) is 15.9 Å². The van der Waals surface area contributed by atoms with E-state index in [1.807, 2.05) is 4.90 Å². The van der Waals surface area contributed by atoms with E-state index in [-0.39, 0.29) is 44.4 Å². The third kappa shape index (κ3) is 6.32. The normalized spacial score (nSPS) is 13.8. The summed E-state index contributed by atoms with van der Waals surface area (Å²) < 4.78 is 41.6. The van der Waals surface area contributed by atoms with Gasteiger partial charge in [-0.3, -0.25) is 9.52 Å². The highest BCUT2D eigenvalue weighted by molar-refractivity contribution is 7.92. The SMILES string of the molecule is Cl.O=C(c1cc(S(=O)(=O)Nc2cccc(Cl)c2)c(Cl)cc1Cl)N1CCN(c2ccc(F)cc2)CC1. The standard InChI is InChI=1S/C23H19Cl3FN3O3S.ClH/c24-15-2-1-3-17(12-15)28-34(32,33)22-13-19(20(25)14-21(22)26)23(31)30-10-8-29(9-11-30)18-6-4-16(27)5-7-18;/h1-7,12-14,28H,8-11H2;1H. The first-order valence-electron chi connectivity index (χ1n) is 10.2. The zero-order chi connectivity index (χ0) is 24.5. The molecule has 1 heterocycles. The first kappa shape index (κ1) is 27.4. The van der Waals surface area contributed by atoms with Crippen LogP contribution in [0.5, 0.6) is 0 Å². The quantitative estimate of drug-likeness (QED) is 0.405. The number of carbonyl (C=O) groups is 1. The molecular formula is C23H20Cl4FN3O3S. The molecule has 3 aromatic rings. The number of carbonyl (C=O) groups excluding carboxylic acids is 1. The highest BCUT2D eigenvalue weighted by Crippen LogP contribution is 2.31. The van der Waals surface area contributed by atoms with Gasteiger partial charge in [0, 0.05) is 36.9 Å². The average Bonchev–Trinajstić information content (AvgIpc) is 2.79. The molecule has 186 valence electrons. The summed E-state index contributed by atoms with van der Waals surface area (Å²) >= 11 is 18.4. The lowest BCUT2D eigenvalue weighted by Gasteiger charge is -2.36. The molecule has 1 N–H and O–H groups in total. The number of hydrogen-bond donors (Lipinski definition) is 1. The smallest absolute Gasteiger partial charge is 0.263 e. The molecule has 1 amide bonds. The van der Waals surface area contributed by atoms with E-state index >= 15 is 0 Å². The number of hydrogen-bond acceptors (Lipinski definition) is 4. The Kier molecular flexibility index (Phi) is 8.77. The van der Waals surface area contributed by atoms with E-state index in [1.165, 1.54) is 30.3 Å². The Bertz CT molecular complexity index is 1330. The van der Waals surface area contributed by atoms with Gasteiger partial charge < -0.3 is 9.80 Å². The van der Waals surface area contributed by atoms with E-state index in [4.69, 9.17) is 34.8 Å². The van der Waals surface area contributed by atoms with E-state index < -0.39 is 15.9 Å². The van der Waals surface area contributed by atoms with Crippen molar-refractivity contribution in [2.24, 2.45) is 0 Å². The summed E-state index contributed by atoms with van der Waals surface area (Å²) in [6.07, 6.45) is 0. The summed E-state index contributed by atoms with van der Waals surface area (Å²) in [6.45, 7) is 1.84. The summed E-state index contributed by atoms with van der Waals surface area (Å²) in [4.78, 5) is 16.6. The van der Waals surface area contributed by atoms with E-state index in [1.54, 1.807) is 35.2 Å². The lowest BCUT2D eigenvalue weighted by Crippen LogP contribution is -2.48. The van der Waals surface area contributed by atoms with Crippen LogP contribution in [-0.4, -0.2) is 45.4 Å². The third-order valence-corrected chi connectivity index (χ3v) is 7.77. The van der Waals surface area contributed by atoms with Gasteiger partial charge in [0.05, 0.1) is 21.3 Å². The van der Waals surface area contributed by atoms with Crippen LogP contribution in [0.3, 0.4) is 0 Å². The lowest BCUT2D eigenvalue weighted by molar-refractivity contribution is 0.0746. The predicted molar refractivity (Wildman–Crippen MR) is 140 cm³/mol. The molecule has 1 fully saturated rings. The zero-order valence-electron chi connectivity index (χ0n) is 18.0. The van der Waals surface area contributed by atoms with Gasteiger partial charge in [-0.2, -0.15) is 0 Å². The molecule has 0 aliphatic carbocycles. The highest BCUT2D eigenvalue weighted by Gasteiger charge is 2.27. The van der Waals surface area contributed by atoms with Gasteiger partial charge in [-0.15, -0.1) is 12.4 Å². The molecule has 0 saturated carbocycles. The number of amides is 1. The summed E-state index contributed by atoms with van der Waals surface area (Å²) in [6, 6.07) is 14.8. The molecule has 4 rings (SSSR count). The Balaban J connectivity index is 0.00000342.